The Bertz CT molecular complexity index is 541. The number of hydrogen-bond donors (Lipinski definition) is 2. The highest BCUT2D eigenvalue weighted by Crippen LogP contribution is 2.21. The number of nitrogens with one attached hydrogen (secondary N) is 2. The molecule has 2 aromatic rings. The van der Waals surface area contributed by atoms with Crippen molar-refractivity contribution in [3.63, 3.8) is 0 Å². The molecule has 1 aromatic heterocycles. The first-order valence-electron chi connectivity index (χ1n) is 7.28. The number of aromatic nitrogens is 1. The van der Waals surface area contributed by atoms with Crippen molar-refractivity contribution in [2.24, 2.45) is 5.92 Å². The molecule has 1 fully saturated rings. The number of nitrogens with zero attached hydrogens (tertiary/aromatic N) is 1. The van der Waals surface area contributed by atoms with Gasteiger partial charge < -0.3 is 15.1 Å². The Kier molecular flexibility index (Phi) is 4.02. The van der Waals surface area contributed by atoms with Crippen molar-refractivity contribution in [3.8, 4) is 11.3 Å². The number of piperidine rings is 1. The SMILES string of the molecule is Cc1nc(-c2ccc(NCC3CCNCC3)cc2)co1. The van der Waals surface area contributed by atoms with E-state index in [1.807, 2.05) is 6.92 Å². The maximum absolute atomic E-state index is 5.24. The first kappa shape index (κ1) is 13.2. The number of anilines is 1. The Morgan fingerprint density at radius 3 is 2.65 bits per heavy atom. The molecule has 2 N–H and O–H groups in total. The van der Waals surface area contributed by atoms with Gasteiger partial charge in [0.05, 0.1) is 0 Å². The molecule has 106 valence electrons. The number of rotatable bonds is 4. The minimum atomic E-state index is 0.702. The van der Waals surface area contributed by atoms with E-state index in [0.29, 0.717) is 5.89 Å². The van der Waals surface area contributed by atoms with E-state index in [-0.39, 0.29) is 0 Å². The van der Waals surface area contributed by atoms with Gasteiger partial charge in [0.2, 0.25) is 0 Å². The minimum absolute atomic E-state index is 0.702. The van der Waals surface area contributed by atoms with E-state index in [9.17, 15) is 0 Å². The summed E-state index contributed by atoms with van der Waals surface area (Å²) in [6.07, 6.45) is 4.24. The third-order valence-corrected chi connectivity index (χ3v) is 3.85. The minimum Gasteiger partial charge on any atom is -0.449 e. The van der Waals surface area contributed by atoms with Crippen LogP contribution in [-0.4, -0.2) is 24.6 Å². The summed E-state index contributed by atoms with van der Waals surface area (Å²) in [5.41, 5.74) is 3.16. The molecule has 0 aliphatic carbocycles. The lowest BCUT2D eigenvalue weighted by Gasteiger charge is -2.23. The zero-order chi connectivity index (χ0) is 13.8. The smallest absolute Gasteiger partial charge is 0.191 e. The molecule has 1 saturated heterocycles. The molecule has 20 heavy (non-hydrogen) atoms. The average molecular weight is 271 g/mol. The van der Waals surface area contributed by atoms with Crippen LogP contribution in [0.5, 0.6) is 0 Å². The molecule has 0 atom stereocenters. The highest BCUT2D eigenvalue weighted by atomic mass is 16.3. The fourth-order valence-electron chi connectivity index (χ4n) is 2.60. The standard InChI is InChI=1S/C16H21N3O/c1-12-19-16(11-20-12)14-2-4-15(5-3-14)18-10-13-6-8-17-9-7-13/h2-5,11,13,17-18H,6-10H2,1H3. The van der Waals surface area contributed by atoms with E-state index in [1.54, 1.807) is 6.26 Å². The number of oxazole rings is 1. The maximum Gasteiger partial charge on any atom is 0.191 e. The molecule has 1 aliphatic heterocycles. The van der Waals surface area contributed by atoms with Gasteiger partial charge in [0.1, 0.15) is 12.0 Å². The second kappa shape index (κ2) is 6.09. The van der Waals surface area contributed by atoms with Crippen molar-refractivity contribution in [1.29, 1.82) is 0 Å². The number of hydrogen-bond acceptors (Lipinski definition) is 4. The van der Waals surface area contributed by atoms with Crippen LogP contribution >= 0.6 is 0 Å². The van der Waals surface area contributed by atoms with E-state index >= 15 is 0 Å². The molecule has 0 unspecified atom stereocenters. The third kappa shape index (κ3) is 3.20. The van der Waals surface area contributed by atoms with Crippen LogP contribution < -0.4 is 10.6 Å². The fourth-order valence-corrected chi connectivity index (χ4v) is 2.60. The van der Waals surface area contributed by atoms with Crippen LogP contribution in [0.1, 0.15) is 18.7 Å². The monoisotopic (exact) mass is 271 g/mol. The van der Waals surface area contributed by atoms with Crippen LogP contribution in [0.4, 0.5) is 5.69 Å². The lowest BCUT2D eigenvalue weighted by atomic mass is 9.98. The van der Waals surface area contributed by atoms with Gasteiger partial charge in [-0.2, -0.15) is 0 Å². The van der Waals surface area contributed by atoms with E-state index in [2.05, 4.69) is 39.9 Å². The van der Waals surface area contributed by atoms with Crippen molar-refractivity contribution in [1.82, 2.24) is 10.3 Å². The maximum atomic E-state index is 5.24. The summed E-state index contributed by atoms with van der Waals surface area (Å²) in [5, 5.41) is 6.92. The number of benzene rings is 1. The molecule has 0 spiro atoms. The summed E-state index contributed by atoms with van der Waals surface area (Å²) in [5.74, 6) is 1.49. The van der Waals surface area contributed by atoms with Gasteiger partial charge in [-0.05, 0) is 44.0 Å². The Morgan fingerprint density at radius 2 is 2.00 bits per heavy atom. The van der Waals surface area contributed by atoms with Gasteiger partial charge in [0.15, 0.2) is 5.89 Å². The van der Waals surface area contributed by atoms with Crippen molar-refractivity contribution in [2.45, 2.75) is 19.8 Å². The normalized spacial score (nSPS) is 16.2. The summed E-state index contributed by atoms with van der Waals surface area (Å²) < 4.78 is 5.24. The highest BCUT2D eigenvalue weighted by molar-refractivity contribution is 5.61. The largest absolute Gasteiger partial charge is 0.449 e. The molecular formula is C16H21N3O. The molecule has 1 aromatic carbocycles. The predicted molar refractivity (Wildman–Crippen MR) is 80.8 cm³/mol. The van der Waals surface area contributed by atoms with Crippen LogP contribution in [-0.2, 0) is 0 Å². The van der Waals surface area contributed by atoms with E-state index in [1.165, 1.54) is 18.5 Å². The van der Waals surface area contributed by atoms with Crippen molar-refractivity contribution < 1.29 is 4.42 Å². The molecule has 4 heteroatoms. The lowest BCUT2D eigenvalue weighted by Crippen LogP contribution is -2.31. The molecule has 3 rings (SSSR count). The van der Waals surface area contributed by atoms with E-state index in [4.69, 9.17) is 4.42 Å². The lowest BCUT2D eigenvalue weighted by molar-refractivity contribution is 0.390. The predicted octanol–water partition coefficient (Wildman–Crippen LogP) is 3.06. The van der Waals surface area contributed by atoms with Crippen LogP contribution in [0.15, 0.2) is 34.9 Å². The first-order valence-corrected chi connectivity index (χ1v) is 7.28. The molecular weight excluding hydrogens is 250 g/mol. The topological polar surface area (TPSA) is 50.1 Å². The van der Waals surface area contributed by atoms with E-state index < -0.39 is 0 Å². The quantitative estimate of drug-likeness (QED) is 0.897. The Labute approximate surface area is 119 Å². The van der Waals surface area contributed by atoms with Gasteiger partial charge in [-0.15, -0.1) is 0 Å². The molecule has 4 nitrogen and oxygen atoms in total. The fraction of sp³-hybridized carbons (Fsp3) is 0.438. The molecule has 0 bridgehead atoms. The molecule has 2 heterocycles. The molecule has 0 saturated carbocycles. The molecule has 0 radical (unpaired) electrons. The summed E-state index contributed by atoms with van der Waals surface area (Å²) in [7, 11) is 0. The zero-order valence-corrected chi connectivity index (χ0v) is 11.9. The summed E-state index contributed by atoms with van der Waals surface area (Å²) in [4.78, 5) is 4.34. The van der Waals surface area contributed by atoms with Gasteiger partial charge in [-0.1, -0.05) is 12.1 Å². The highest BCUT2D eigenvalue weighted by Gasteiger charge is 2.12. The molecule has 0 amide bonds. The van der Waals surface area contributed by atoms with Crippen LogP contribution in [0.25, 0.3) is 11.3 Å². The third-order valence-electron chi connectivity index (χ3n) is 3.85. The van der Waals surface area contributed by atoms with Gasteiger partial charge >= 0.3 is 0 Å². The van der Waals surface area contributed by atoms with Gasteiger partial charge in [0.25, 0.3) is 0 Å². The summed E-state index contributed by atoms with van der Waals surface area (Å²) in [6, 6.07) is 8.39. The van der Waals surface area contributed by atoms with Crippen molar-refractivity contribution in [2.75, 3.05) is 25.0 Å². The first-order chi connectivity index (χ1) is 9.81. The van der Waals surface area contributed by atoms with E-state index in [0.717, 1.165) is 36.8 Å². The molecule has 1 aliphatic rings. The van der Waals surface area contributed by atoms with Crippen molar-refractivity contribution in [3.05, 3.63) is 36.4 Å². The second-order valence-electron chi connectivity index (χ2n) is 5.40. The van der Waals surface area contributed by atoms with Crippen LogP contribution in [0.3, 0.4) is 0 Å². The summed E-state index contributed by atoms with van der Waals surface area (Å²) >= 11 is 0. The van der Waals surface area contributed by atoms with Gasteiger partial charge in [0, 0.05) is 24.7 Å². The average Bonchev–Trinajstić information content (AvgIpc) is 2.93. The van der Waals surface area contributed by atoms with Crippen LogP contribution in [0, 0.1) is 12.8 Å². The Hall–Kier alpha value is -1.81. The van der Waals surface area contributed by atoms with Crippen molar-refractivity contribution >= 4 is 5.69 Å². The van der Waals surface area contributed by atoms with Gasteiger partial charge in [-0.25, -0.2) is 4.98 Å². The van der Waals surface area contributed by atoms with Gasteiger partial charge in [-0.3, -0.25) is 0 Å². The number of aryl methyl sites for hydroxylation is 1. The Balaban J connectivity index is 1.58. The second-order valence-corrected chi connectivity index (χ2v) is 5.40. The van der Waals surface area contributed by atoms with Crippen LogP contribution in [0.2, 0.25) is 0 Å². The zero-order valence-electron chi connectivity index (χ0n) is 11.9. The summed E-state index contributed by atoms with van der Waals surface area (Å²) in [6.45, 7) is 5.22. The Morgan fingerprint density at radius 1 is 1.25 bits per heavy atom.